The van der Waals surface area contributed by atoms with Crippen molar-refractivity contribution in [2.24, 2.45) is 16.2 Å². The molecule has 0 unspecified atom stereocenters. The molecule has 1 aromatic carbocycles. The van der Waals surface area contributed by atoms with Gasteiger partial charge in [0.25, 0.3) is 0 Å². The maximum Gasteiger partial charge on any atom is 0.0512 e. The third-order valence-electron chi connectivity index (χ3n) is 14.8. The minimum atomic E-state index is -0.643. The smallest absolute Gasteiger partial charge is 0.0512 e. The summed E-state index contributed by atoms with van der Waals surface area (Å²) in [6.07, 6.45) is 45.3. The van der Waals surface area contributed by atoms with Gasteiger partial charge in [-0.15, -0.1) is 0 Å². The van der Waals surface area contributed by atoms with Crippen LogP contribution >= 0.6 is 0 Å². The Morgan fingerprint density at radius 2 is 0.413 bits per heavy atom. The molecule has 372 valence electrons. The first kappa shape index (κ1) is 60.0. The van der Waals surface area contributed by atoms with E-state index >= 15 is 0 Å². The highest BCUT2D eigenvalue weighted by Gasteiger charge is 2.33. The second-order valence-electron chi connectivity index (χ2n) is 21.0. The number of rotatable bonds is 48. The summed E-state index contributed by atoms with van der Waals surface area (Å²) in [5, 5.41) is 65.0. The van der Waals surface area contributed by atoms with Crippen molar-refractivity contribution in [1.82, 2.24) is 0 Å². The fraction of sp³-hybridized carbons (Fsp3) is 0.895. The molecule has 0 fully saturated rings. The number of unbranched alkanes of at least 4 members (excludes halogenated alkanes) is 30. The van der Waals surface area contributed by atoms with Gasteiger partial charge in [0.05, 0.1) is 39.6 Å². The zero-order chi connectivity index (χ0) is 46.2. The Balaban J connectivity index is 3.08. The molecule has 0 spiro atoms. The topological polar surface area (TPSA) is 121 Å². The summed E-state index contributed by atoms with van der Waals surface area (Å²) in [4.78, 5) is 0. The van der Waals surface area contributed by atoms with Crippen molar-refractivity contribution >= 4 is 0 Å². The van der Waals surface area contributed by atoms with E-state index in [9.17, 15) is 30.6 Å². The monoisotopic (exact) mass is 889 g/mol. The van der Waals surface area contributed by atoms with E-state index in [2.05, 4.69) is 39.0 Å². The van der Waals surface area contributed by atoms with Gasteiger partial charge >= 0.3 is 0 Å². The van der Waals surface area contributed by atoms with Gasteiger partial charge in [0.15, 0.2) is 0 Å². The lowest BCUT2D eigenvalue weighted by Crippen LogP contribution is -2.34. The van der Waals surface area contributed by atoms with E-state index in [1.807, 2.05) is 0 Å². The van der Waals surface area contributed by atoms with Gasteiger partial charge in [0, 0.05) is 16.2 Å². The lowest BCUT2D eigenvalue weighted by atomic mass is 9.74. The van der Waals surface area contributed by atoms with Crippen LogP contribution in [0.15, 0.2) is 18.2 Å². The molecule has 0 heterocycles. The Labute approximate surface area is 391 Å². The SMILES string of the molecule is CCCCCCCCCCCCCC(CO)(CO)Cc1cc(CC(CO)(CO)CCCCCCCCCCCCC)cc(CC(CO)(CO)CCCCCCCCCCCCC)c1. The third kappa shape index (κ3) is 28.7. The molecule has 0 saturated heterocycles. The molecule has 6 N–H and O–H groups in total. The average molecular weight is 889 g/mol. The van der Waals surface area contributed by atoms with Crippen LogP contribution in [0, 0.1) is 16.2 Å². The summed E-state index contributed by atoms with van der Waals surface area (Å²) in [5.74, 6) is 0. The third-order valence-corrected chi connectivity index (χ3v) is 14.8. The first-order chi connectivity index (χ1) is 30.8. The van der Waals surface area contributed by atoms with Crippen LogP contribution in [0.4, 0.5) is 0 Å². The first-order valence-corrected chi connectivity index (χ1v) is 27.6. The minimum Gasteiger partial charge on any atom is -0.396 e. The van der Waals surface area contributed by atoms with E-state index in [4.69, 9.17) is 0 Å². The molecule has 6 heteroatoms. The molecular weight excluding hydrogens is 781 g/mol. The van der Waals surface area contributed by atoms with Gasteiger partial charge in [-0.3, -0.25) is 0 Å². The van der Waals surface area contributed by atoms with Crippen LogP contribution in [0.25, 0.3) is 0 Å². The van der Waals surface area contributed by atoms with Crippen molar-refractivity contribution in [3.63, 3.8) is 0 Å². The zero-order valence-electron chi connectivity index (χ0n) is 42.2. The first-order valence-electron chi connectivity index (χ1n) is 27.6. The fourth-order valence-corrected chi connectivity index (χ4v) is 10.2. The van der Waals surface area contributed by atoms with Gasteiger partial charge in [-0.2, -0.15) is 0 Å². The van der Waals surface area contributed by atoms with E-state index in [1.54, 1.807) is 0 Å². The maximum absolute atomic E-state index is 10.8. The van der Waals surface area contributed by atoms with Gasteiger partial charge in [0.2, 0.25) is 0 Å². The van der Waals surface area contributed by atoms with Crippen molar-refractivity contribution in [2.75, 3.05) is 39.6 Å². The highest BCUT2D eigenvalue weighted by Crippen LogP contribution is 2.36. The van der Waals surface area contributed by atoms with Crippen LogP contribution in [0.5, 0.6) is 0 Å². The van der Waals surface area contributed by atoms with E-state index < -0.39 is 16.2 Å². The molecule has 0 atom stereocenters. The van der Waals surface area contributed by atoms with Crippen LogP contribution in [0.1, 0.15) is 269 Å². The van der Waals surface area contributed by atoms with Crippen LogP contribution in [-0.2, 0) is 19.3 Å². The minimum absolute atomic E-state index is 0.0903. The van der Waals surface area contributed by atoms with E-state index in [1.165, 1.54) is 173 Å². The molecule has 0 aliphatic rings. The summed E-state index contributed by atoms with van der Waals surface area (Å²) in [6.45, 7) is 6.25. The lowest BCUT2D eigenvalue weighted by molar-refractivity contribution is 0.0426. The molecule has 0 saturated carbocycles. The van der Waals surface area contributed by atoms with Crippen LogP contribution in [0.3, 0.4) is 0 Å². The molecule has 1 rings (SSSR count). The molecule has 0 aliphatic heterocycles. The number of benzene rings is 1. The summed E-state index contributed by atoms with van der Waals surface area (Å²) in [5.41, 5.74) is 1.18. The molecule has 1 aromatic rings. The Kier molecular flexibility index (Phi) is 38.2. The van der Waals surface area contributed by atoms with Crippen molar-refractivity contribution in [1.29, 1.82) is 0 Å². The highest BCUT2D eigenvalue weighted by atomic mass is 16.3. The van der Waals surface area contributed by atoms with E-state index in [-0.39, 0.29) is 39.6 Å². The molecule has 0 radical (unpaired) electrons. The summed E-state index contributed by atoms with van der Waals surface area (Å²) in [6, 6.07) is 6.52. The largest absolute Gasteiger partial charge is 0.396 e. The number of aliphatic hydroxyl groups excluding tert-OH is 6. The van der Waals surface area contributed by atoms with Crippen LogP contribution in [-0.4, -0.2) is 70.3 Å². The lowest BCUT2D eigenvalue weighted by Gasteiger charge is -2.33. The molecule has 0 aliphatic carbocycles. The number of hydrogen-bond donors (Lipinski definition) is 6. The van der Waals surface area contributed by atoms with Crippen molar-refractivity contribution in [2.45, 2.75) is 271 Å². The van der Waals surface area contributed by atoms with E-state index in [0.717, 1.165) is 74.5 Å². The Bertz CT molecular complexity index is 975. The second kappa shape index (κ2) is 40.1. The second-order valence-corrected chi connectivity index (χ2v) is 21.0. The maximum atomic E-state index is 10.8. The Morgan fingerprint density at radius 3 is 0.571 bits per heavy atom. The normalized spacial score (nSPS) is 12.5. The molecule has 6 nitrogen and oxygen atoms in total. The molecule has 0 amide bonds. The fourth-order valence-electron chi connectivity index (χ4n) is 10.2. The Morgan fingerprint density at radius 1 is 0.254 bits per heavy atom. The van der Waals surface area contributed by atoms with Crippen molar-refractivity contribution in [3.8, 4) is 0 Å². The molecule has 0 bridgehead atoms. The van der Waals surface area contributed by atoms with Gasteiger partial charge < -0.3 is 30.6 Å². The van der Waals surface area contributed by atoms with Gasteiger partial charge in [-0.05, 0) is 55.2 Å². The van der Waals surface area contributed by atoms with Gasteiger partial charge in [-0.25, -0.2) is 0 Å². The van der Waals surface area contributed by atoms with Crippen LogP contribution in [0.2, 0.25) is 0 Å². The van der Waals surface area contributed by atoms with Crippen molar-refractivity contribution < 1.29 is 30.6 Å². The predicted molar refractivity (Wildman–Crippen MR) is 271 cm³/mol. The molecule has 63 heavy (non-hydrogen) atoms. The number of hydrogen-bond acceptors (Lipinski definition) is 6. The Hall–Kier alpha value is -1.02. The summed E-state index contributed by atoms with van der Waals surface area (Å²) < 4.78 is 0. The predicted octanol–water partition coefficient (Wildman–Crippen LogP) is 14.3. The van der Waals surface area contributed by atoms with Crippen molar-refractivity contribution in [3.05, 3.63) is 34.9 Å². The quantitative estimate of drug-likeness (QED) is 0.0363. The zero-order valence-corrected chi connectivity index (χ0v) is 42.2. The standard InChI is InChI=1S/C57H108O6/c1-4-7-10-13-16-19-22-25-28-31-34-37-55(46-58,47-59)43-52-40-53(44-56(48-60,49-61)38-35-32-29-26-23-20-17-14-11-8-5-2)42-54(41-52)45-57(50-62,51-63)39-36-33-30-27-24-21-18-15-12-9-6-3/h40-42,58-63H,4-39,43-51H2,1-3H3. The van der Waals surface area contributed by atoms with Gasteiger partial charge in [0.1, 0.15) is 0 Å². The molecular formula is C57H108O6. The summed E-state index contributed by atoms with van der Waals surface area (Å²) >= 11 is 0. The number of aliphatic hydroxyl groups is 6. The average Bonchev–Trinajstić information content (AvgIpc) is 3.30. The summed E-state index contributed by atoms with van der Waals surface area (Å²) in [7, 11) is 0. The van der Waals surface area contributed by atoms with Crippen LogP contribution < -0.4 is 0 Å². The highest BCUT2D eigenvalue weighted by molar-refractivity contribution is 5.33. The van der Waals surface area contributed by atoms with E-state index in [0.29, 0.717) is 19.3 Å². The molecule has 0 aromatic heterocycles. The van der Waals surface area contributed by atoms with Gasteiger partial charge in [-0.1, -0.05) is 251 Å².